The zero-order valence-corrected chi connectivity index (χ0v) is 13.2. The molecular weight excluding hydrogens is 276 g/mol. The second kappa shape index (κ2) is 6.83. The number of carboxylic acids is 1. The molecule has 0 aliphatic heterocycles. The first-order valence-electron chi connectivity index (χ1n) is 6.47. The molecule has 1 unspecified atom stereocenters. The number of nitrogens with zero attached hydrogens (tertiary/aromatic N) is 1. The van der Waals surface area contributed by atoms with Crippen molar-refractivity contribution in [3.8, 4) is 0 Å². The summed E-state index contributed by atoms with van der Waals surface area (Å²) < 4.78 is 1.93. The summed E-state index contributed by atoms with van der Waals surface area (Å²) in [5, 5.41) is 11.7. The van der Waals surface area contributed by atoms with Gasteiger partial charge in [0.05, 0.1) is 5.56 Å². The van der Waals surface area contributed by atoms with Crippen LogP contribution < -0.4 is 5.32 Å². The minimum Gasteiger partial charge on any atom is -0.480 e. The topological polar surface area (TPSA) is 71.3 Å². The van der Waals surface area contributed by atoms with E-state index in [2.05, 4.69) is 5.32 Å². The van der Waals surface area contributed by atoms with Gasteiger partial charge in [0.2, 0.25) is 0 Å². The van der Waals surface area contributed by atoms with E-state index in [9.17, 15) is 9.59 Å². The number of aromatic nitrogens is 1. The first kappa shape index (κ1) is 16.6. The molecule has 1 aromatic heterocycles. The van der Waals surface area contributed by atoms with E-state index in [1.807, 2.05) is 37.8 Å². The van der Waals surface area contributed by atoms with Gasteiger partial charge in [-0.3, -0.25) is 4.79 Å². The Hall–Kier alpha value is -1.43. The van der Waals surface area contributed by atoms with E-state index in [1.54, 1.807) is 24.0 Å². The van der Waals surface area contributed by atoms with Gasteiger partial charge >= 0.3 is 5.97 Å². The number of carbonyl (C=O) groups excluding carboxylic acids is 1. The Kier molecular flexibility index (Phi) is 5.68. The third-order valence-corrected chi connectivity index (χ3v) is 3.59. The highest BCUT2D eigenvalue weighted by atomic mass is 32.2. The molecule has 0 aliphatic rings. The van der Waals surface area contributed by atoms with Gasteiger partial charge < -0.3 is 15.0 Å². The van der Waals surface area contributed by atoms with Gasteiger partial charge in [0.1, 0.15) is 6.04 Å². The smallest absolute Gasteiger partial charge is 0.326 e. The highest BCUT2D eigenvalue weighted by molar-refractivity contribution is 7.98. The number of hydrogen-bond donors (Lipinski definition) is 2. The number of nitrogens with one attached hydrogen (secondary N) is 1. The number of thioether (sulfide) groups is 1. The number of aliphatic carboxylic acids is 1. The van der Waals surface area contributed by atoms with E-state index in [-0.39, 0.29) is 11.4 Å². The van der Waals surface area contributed by atoms with E-state index in [1.165, 1.54) is 0 Å². The molecule has 1 heterocycles. The number of carbonyl (C=O) groups is 2. The molecule has 0 fully saturated rings. The van der Waals surface area contributed by atoms with Crippen molar-refractivity contribution in [1.29, 1.82) is 0 Å². The van der Waals surface area contributed by atoms with E-state index in [0.29, 0.717) is 17.7 Å². The van der Waals surface area contributed by atoms with Crippen LogP contribution in [0.25, 0.3) is 0 Å². The SMILES string of the molecule is CSCCC(NC(=O)c1ccn(C(C)(C)C)c1)C(=O)O. The Labute approximate surface area is 123 Å². The zero-order valence-electron chi connectivity index (χ0n) is 12.3. The van der Waals surface area contributed by atoms with Gasteiger partial charge in [0.25, 0.3) is 5.91 Å². The number of carboxylic acid groups (broad SMARTS) is 1. The maximum Gasteiger partial charge on any atom is 0.326 e. The van der Waals surface area contributed by atoms with Gasteiger partial charge in [0, 0.05) is 17.9 Å². The van der Waals surface area contributed by atoms with Crippen LogP contribution in [0.1, 0.15) is 37.6 Å². The molecule has 1 atom stereocenters. The maximum absolute atomic E-state index is 12.1. The summed E-state index contributed by atoms with van der Waals surface area (Å²) >= 11 is 1.56. The second-order valence-electron chi connectivity index (χ2n) is 5.62. The summed E-state index contributed by atoms with van der Waals surface area (Å²) in [6.45, 7) is 6.10. The predicted molar refractivity (Wildman–Crippen MR) is 81.3 cm³/mol. The van der Waals surface area contributed by atoms with Crippen molar-refractivity contribution in [2.75, 3.05) is 12.0 Å². The molecule has 112 valence electrons. The standard InChI is InChI=1S/C14H22N2O3S/c1-14(2,3)16-7-5-10(9-16)12(17)15-11(13(18)19)6-8-20-4/h5,7,9,11H,6,8H2,1-4H3,(H,15,17)(H,18,19). The Balaban J connectivity index is 2.74. The molecule has 20 heavy (non-hydrogen) atoms. The van der Waals surface area contributed by atoms with E-state index < -0.39 is 12.0 Å². The number of amides is 1. The predicted octanol–water partition coefficient (Wildman–Crippen LogP) is 2.18. The van der Waals surface area contributed by atoms with Crippen LogP contribution in [0.15, 0.2) is 18.5 Å². The number of rotatable bonds is 6. The summed E-state index contributed by atoms with van der Waals surface area (Å²) in [6.07, 6.45) is 5.89. The molecule has 0 aliphatic carbocycles. The molecular formula is C14H22N2O3S. The van der Waals surface area contributed by atoms with Gasteiger partial charge in [-0.1, -0.05) is 0 Å². The monoisotopic (exact) mass is 298 g/mol. The third kappa shape index (κ3) is 4.59. The fourth-order valence-electron chi connectivity index (χ4n) is 1.68. The lowest BCUT2D eigenvalue weighted by atomic mass is 10.1. The summed E-state index contributed by atoms with van der Waals surface area (Å²) in [6, 6.07) is 0.863. The number of hydrogen-bond acceptors (Lipinski definition) is 3. The van der Waals surface area contributed by atoms with Crippen molar-refractivity contribution in [3.63, 3.8) is 0 Å². The first-order chi connectivity index (χ1) is 9.25. The van der Waals surface area contributed by atoms with E-state index in [4.69, 9.17) is 5.11 Å². The lowest BCUT2D eigenvalue weighted by Crippen LogP contribution is -2.41. The fraction of sp³-hybridized carbons (Fsp3) is 0.571. The Bertz CT molecular complexity index is 477. The van der Waals surface area contributed by atoms with Crippen molar-refractivity contribution in [1.82, 2.24) is 9.88 Å². The third-order valence-electron chi connectivity index (χ3n) is 2.94. The van der Waals surface area contributed by atoms with Crippen LogP contribution in [-0.4, -0.2) is 39.6 Å². The maximum atomic E-state index is 12.1. The fourth-order valence-corrected chi connectivity index (χ4v) is 2.15. The summed E-state index contributed by atoms with van der Waals surface area (Å²) in [4.78, 5) is 23.2. The Morgan fingerprint density at radius 1 is 1.45 bits per heavy atom. The van der Waals surface area contributed by atoms with Crippen LogP contribution in [0.4, 0.5) is 0 Å². The Morgan fingerprint density at radius 3 is 2.55 bits per heavy atom. The van der Waals surface area contributed by atoms with Crippen LogP contribution in [0.3, 0.4) is 0 Å². The zero-order chi connectivity index (χ0) is 15.3. The average Bonchev–Trinajstić information content (AvgIpc) is 2.83. The molecule has 0 aromatic carbocycles. The van der Waals surface area contributed by atoms with E-state index >= 15 is 0 Å². The van der Waals surface area contributed by atoms with E-state index in [0.717, 1.165) is 0 Å². The molecule has 1 aromatic rings. The second-order valence-corrected chi connectivity index (χ2v) is 6.61. The normalized spacial score (nSPS) is 13.0. The van der Waals surface area contributed by atoms with Crippen LogP contribution in [0.2, 0.25) is 0 Å². The molecule has 0 radical (unpaired) electrons. The quantitative estimate of drug-likeness (QED) is 0.844. The van der Waals surface area contributed by atoms with Crippen molar-refractivity contribution < 1.29 is 14.7 Å². The molecule has 2 N–H and O–H groups in total. The van der Waals surface area contributed by atoms with Gasteiger partial charge in [-0.2, -0.15) is 11.8 Å². The lowest BCUT2D eigenvalue weighted by Gasteiger charge is -2.20. The first-order valence-corrected chi connectivity index (χ1v) is 7.86. The molecule has 6 heteroatoms. The van der Waals surface area contributed by atoms with Gasteiger partial charge in [0.15, 0.2) is 0 Å². The molecule has 0 spiro atoms. The van der Waals surface area contributed by atoms with Crippen molar-refractivity contribution >= 4 is 23.6 Å². The average molecular weight is 298 g/mol. The van der Waals surface area contributed by atoms with Crippen LogP contribution in [0, 0.1) is 0 Å². The molecule has 1 rings (SSSR count). The largest absolute Gasteiger partial charge is 0.480 e. The molecule has 5 nitrogen and oxygen atoms in total. The van der Waals surface area contributed by atoms with Crippen molar-refractivity contribution in [3.05, 3.63) is 24.0 Å². The van der Waals surface area contributed by atoms with Gasteiger partial charge in [-0.25, -0.2) is 4.79 Å². The molecule has 0 saturated carbocycles. The minimum atomic E-state index is -0.998. The van der Waals surface area contributed by atoms with Crippen LogP contribution in [0.5, 0.6) is 0 Å². The Morgan fingerprint density at radius 2 is 2.10 bits per heavy atom. The van der Waals surface area contributed by atoms with Crippen molar-refractivity contribution in [2.24, 2.45) is 0 Å². The molecule has 0 bridgehead atoms. The lowest BCUT2D eigenvalue weighted by molar-refractivity contribution is -0.139. The van der Waals surface area contributed by atoms with Crippen molar-refractivity contribution in [2.45, 2.75) is 38.8 Å². The van der Waals surface area contributed by atoms with Crippen LogP contribution >= 0.6 is 11.8 Å². The minimum absolute atomic E-state index is 0.108. The summed E-state index contributed by atoms with van der Waals surface area (Å²) in [5.74, 6) is -0.649. The van der Waals surface area contributed by atoms with Crippen LogP contribution in [-0.2, 0) is 10.3 Å². The molecule has 1 amide bonds. The highest BCUT2D eigenvalue weighted by Crippen LogP contribution is 2.15. The summed E-state index contributed by atoms with van der Waals surface area (Å²) in [7, 11) is 0. The van der Waals surface area contributed by atoms with Gasteiger partial charge in [-0.15, -0.1) is 0 Å². The summed E-state index contributed by atoms with van der Waals surface area (Å²) in [5.41, 5.74) is 0.374. The van der Waals surface area contributed by atoms with Gasteiger partial charge in [-0.05, 0) is 45.3 Å². The highest BCUT2D eigenvalue weighted by Gasteiger charge is 2.21. The molecule has 0 saturated heterocycles.